The van der Waals surface area contributed by atoms with Crippen LogP contribution in [-0.2, 0) is 19.1 Å². The number of hydrogen-bond donors (Lipinski definition) is 1. The van der Waals surface area contributed by atoms with Gasteiger partial charge in [0.15, 0.2) is 0 Å². The van der Waals surface area contributed by atoms with Gasteiger partial charge in [-0.3, -0.25) is 9.59 Å². The van der Waals surface area contributed by atoms with Gasteiger partial charge in [-0.15, -0.1) is 0 Å². The van der Waals surface area contributed by atoms with Crippen LogP contribution in [0.25, 0.3) is 0 Å². The first-order valence-electron chi connectivity index (χ1n) is 16.1. The van der Waals surface area contributed by atoms with Crippen molar-refractivity contribution in [2.24, 2.45) is 0 Å². The summed E-state index contributed by atoms with van der Waals surface area (Å²) in [7, 11) is 0. The van der Waals surface area contributed by atoms with Gasteiger partial charge in [-0.25, -0.2) is 0 Å². The van der Waals surface area contributed by atoms with Crippen molar-refractivity contribution >= 4 is 11.9 Å². The van der Waals surface area contributed by atoms with E-state index in [4.69, 9.17) is 9.47 Å². The molecule has 1 N–H and O–H groups in total. The maximum atomic E-state index is 11.9. The number of carbonyl (C=O) groups excluding carboxylic acids is 2. The van der Waals surface area contributed by atoms with E-state index in [1.165, 1.54) is 116 Å². The zero-order valence-corrected chi connectivity index (χ0v) is 24.7. The standard InChI is InChI=1S/C32H62O5/c1-3-5-7-9-11-12-13-14-15-16-17-18-19-21-23-25-27-32(35)37-29-30(33)28-36-31(34)26-24-22-20-10-8-6-4-2/h30,33H,3-29H2,1-2H3/t30-/m1/s1. The third kappa shape index (κ3) is 29.3. The molecular formula is C32H62O5. The molecule has 220 valence electrons. The zero-order chi connectivity index (χ0) is 27.2. The predicted molar refractivity (Wildman–Crippen MR) is 155 cm³/mol. The van der Waals surface area contributed by atoms with Crippen LogP contribution in [0.2, 0.25) is 0 Å². The van der Waals surface area contributed by atoms with Gasteiger partial charge >= 0.3 is 11.9 Å². The van der Waals surface area contributed by atoms with Crippen molar-refractivity contribution in [2.45, 2.75) is 180 Å². The quantitative estimate of drug-likeness (QED) is 0.0776. The number of ether oxygens (including phenoxy) is 2. The number of aliphatic hydroxyl groups is 1. The lowest BCUT2D eigenvalue weighted by Crippen LogP contribution is -2.25. The molecule has 0 aliphatic rings. The number of esters is 2. The van der Waals surface area contributed by atoms with Crippen LogP contribution >= 0.6 is 0 Å². The molecule has 0 aromatic rings. The average molecular weight is 527 g/mol. The summed E-state index contributed by atoms with van der Waals surface area (Å²) in [5.74, 6) is -0.564. The van der Waals surface area contributed by atoms with Crippen molar-refractivity contribution in [1.29, 1.82) is 0 Å². The highest BCUT2D eigenvalue weighted by atomic mass is 16.6. The molecule has 0 saturated carbocycles. The Hall–Kier alpha value is -1.10. The van der Waals surface area contributed by atoms with Crippen LogP contribution in [0.1, 0.15) is 174 Å². The van der Waals surface area contributed by atoms with E-state index < -0.39 is 6.10 Å². The molecule has 0 heterocycles. The SMILES string of the molecule is CCCCCCCCCCCCCCCCCCC(=O)OC[C@H](O)COC(=O)CCCCCCCCC. The molecule has 5 heteroatoms. The lowest BCUT2D eigenvalue weighted by Gasteiger charge is -2.12. The topological polar surface area (TPSA) is 72.8 Å². The maximum Gasteiger partial charge on any atom is 0.305 e. The monoisotopic (exact) mass is 526 g/mol. The normalized spacial score (nSPS) is 12.0. The van der Waals surface area contributed by atoms with Crippen molar-refractivity contribution in [2.75, 3.05) is 13.2 Å². The molecule has 0 aromatic heterocycles. The van der Waals surface area contributed by atoms with Gasteiger partial charge in [0.2, 0.25) is 0 Å². The first-order chi connectivity index (χ1) is 18.1. The molecule has 0 bridgehead atoms. The summed E-state index contributed by atoms with van der Waals surface area (Å²) in [5, 5.41) is 9.90. The Kier molecular flexibility index (Phi) is 28.6. The number of rotatable bonds is 29. The van der Waals surface area contributed by atoms with Gasteiger partial charge in [-0.2, -0.15) is 0 Å². The molecule has 0 spiro atoms. The minimum atomic E-state index is -0.951. The van der Waals surface area contributed by atoms with Crippen LogP contribution in [0.15, 0.2) is 0 Å². The van der Waals surface area contributed by atoms with Gasteiger partial charge in [-0.1, -0.05) is 149 Å². The summed E-state index contributed by atoms with van der Waals surface area (Å²) in [6.07, 6.45) is 28.7. The van der Waals surface area contributed by atoms with Gasteiger partial charge in [0.25, 0.3) is 0 Å². The zero-order valence-electron chi connectivity index (χ0n) is 24.7. The summed E-state index contributed by atoms with van der Waals surface area (Å²) in [4.78, 5) is 23.6. The Balaban J connectivity index is 3.37. The van der Waals surface area contributed by atoms with E-state index in [0.29, 0.717) is 12.8 Å². The molecule has 37 heavy (non-hydrogen) atoms. The van der Waals surface area contributed by atoms with Crippen molar-refractivity contribution < 1.29 is 24.2 Å². The maximum absolute atomic E-state index is 11.9. The fourth-order valence-corrected chi connectivity index (χ4v) is 4.61. The number of carbonyl (C=O) groups is 2. The molecule has 0 aromatic carbocycles. The van der Waals surface area contributed by atoms with Crippen molar-refractivity contribution in [3.8, 4) is 0 Å². The van der Waals surface area contributed by atoms with Gasteiger partial charge < -0.3 is 14.6 Å². The predicted octanol–water partition coefficient (Wildman–Crippen LogP) is 9.23. The molecule has 0 rings (SSSR count). The van der Waals surface area contributed by atoms with E-state index in [-0.39, 0.29) is 25.2 Å². The molecule has 0 unspecified atom stereocenters. The minimum absolute atomic E-state index is 0.109. The Morgan fingerprint density at radius 2 is 0.703 bits per heavy atom. The molecule has 0 aliphatic carbocycles. The molecule has 0 aliphatic heterocycles. The van der Waals surface area contributed by atoms with E-state index in [9.17, 15) is 14.7 Å². The largest absolute Gasteiger partial charge is 0.463 e. The van der Waals surface area contributed by atoms with Gasteiger partial charge in [0.05, 0.1) is 0 Å². The fraction of sp³-hybridized carbons (Fsp3) is 0.938. The fourth-order valence-electron chi connectivity index (χ4n) is 4.61. The summed E-state index contributed by atoms with van der Waals surface area (Å²) in [6.45, 7) is 4.25. The molecule has 1 atom stereocenters. The smallest absolute Gasteiger partial charge is 0.305 e. The molecule has 0 fully saturated rings. The highest BCUT2D eigenvalue weighted by molar-refractivity contribution is 5.69. The molecule has 0 amide bonds. The number of aliphatic hydroxyl groups excluding tert-OH is 1. The van der Waals surface area contributed by atoms with Crippen LogP contribution in [0.4, 0.5) is 0 Å². The number of unbranched alkanes of at least 4 members (excludes halogenated alkanes) is 21. The molecular weight excluding hydrogens is 464 g/mol. The lowest BCUT2D eigenvalue weighted by molar-refractivity contribution is -0.152. The Bertz CT molecular complexity index is 494. The molecule has 0 saturated heterocycles. The van der Waals surface area contributed by atoms with Crippen LogP contribution in [0.5, 0.6) is 0 Å². The van der Waals surface area contributed by atoms with Gasteiger partial charge in [0, 0.05) is 12.8 Å². The summed E-state index contributed by atoms with van der Waals surface area (Å²) in [6, 6.07) is 0. The number of hydrogen-bond acceptors (Lipinski definition) is 5. The Morgan fingerprint density at radius 3 is 0.973 bits per heavy atom. The van der Waals surface area contributed by atoms with E-state index in [1.54, 1.807) is 0 Å². The second-order valence-electron chi connectivity index (χ2n) is 10.9. The summed E-state index contributed by atoms with van der Waals surface area (Å²) in [5.41, 5.74) is 0. The van der Waals surface area contributed by atoms with Crippen LogP contribution in [-0.4, -0.2) is 36.4 Å². The third-order valence-corrected chi connectivity index (χ3v) is 7.09. The van der Waals surface area contributed by atoms with E-state index in [1.807, 2.05) is 0 Å². The van der Waals surface area contributed by atoms with Crippen LogP contribution in [0.3, 0.4) is 0 Å². The Morgan fingerprint density at radius 1 is 0.459 bits per heavy atom. The molecule has 5 nitrogen and oxygen atoms in total. The van der Waals surface area contributed by atoms with E-state index in [2.05, 4.69) is 13.8 Å². The third-order valence-electron chi connectivity index (χ3n) is 7.09. The average Bonchev–Trinajstić information content (AvgIpc) is 2.90. The van der Waals surface area contributed by atoms with Crippen LogP contribution in [0, 0.1) is 0 Å². The first kappa shape index (κ1) is 35.9. The van der Waals surface area contributed by atoms with Crippen LogP contribution < -0.4 is 0 Å². The first-order valence-corrected chi connectivity index (χ1v) is 16.1. The second-order valence-corrected chi connectivity index (χ2v) is 10.9. The van der Waals surface area contributed by atoms with Crippen molar-refractivity contribution in [3.63, 3.8) is 0 Å². The highest BCUT2D eigenvalue weighted by Gasteiger charge is 2.12. The van der Waals surface area contributed by atoms with E-state index in [0.717, 1.165) is 32.1 Å². The molecule has 0 radical (unpaired) electrons. The van der Waals surface area contributed by atoms with E-state index >= 15 is 0 Å². The highest BCUT2D eigenvalue weighted by Crippen LogP contribution is 2.14. The van der Waals surface area contributed by atoms with Crippen molar-refractivity contribution in [1.82, 2.24) is 0 Å². The Labute approximate surface area is 229 Å². The second kappa shape index (κ2) is 29.5. The summed E-state index contributed by atoms with van der Waals surface area (Å²) >= 11 is 0. The van der Waals surface area contributed by atoms with Gasteiger partial charge in [0.1, 0.15) is 19.3 Å². The minimum Gasteiger partial charge on any atom is -0.463 e. The summed E-state index contributed by atoms with van der Waals surface area (Å²) < 4.78 is 10.2. The van der Waals surface area contributed by atoms with Crippen molar-refractivity contribution in [3.05, 3.63) is 0 Å². The van der Waals surface area contributed by atoms with Gasteiger partial charge in [-0.05, 0) is 12.8 Å². The lowest BCUT2D eigenvalue weighted by atomic mass is 10.0.